The summed E-state index contributed by atoms with van der Waals surface area (Å²) in [5.41, 5.74) is 0.367. The Balaban J connectivity index is 1.63. The van der Waals surface area contributed by atoms with Gasteiger partial charge in [0, 0.05) is 34.8 Å². The summed E-state index contributed by atoms with van der Waals surface area (Å²) in [5.74, 6) is 0.561. The third-order valence-electron chi connectivity index (χ3n) is 7.23. The average Bonchev–Trinajstić information content (AvgIpc) is 2.64. The van der Waals surface area contributed by atoms with Crippen LogP contribution in [0.25, 0.3) is 11.0 Å². The van der Waals surface area contributed by atoms with Gasteiger partial charge in [0.15, 0.2) is 5.78 Å². The van der Waals surface area contributed by atoms with Gasteiger partial charge >= 0.3 is 5.63 Å². The molecule has 0 aliphatic heterocycles. The number of ketones is 1. The molecule has 1 fully saturated rings. The Bertz CT molecular complexity index is 1050. The third kappa shape index (κ3) is 3.21. The van der Waals surface area contributed by atoms with Gasteiger partial charge in [0.1, 0.15) is 11.3 Å². The molecule has 154 valence electrons. The van der Waals surface area contributed by atoms with Crippen LogP contribution in [0, 0.1) is 22.7 Å². The molecule has 1 heterocycles. The third-order valence-corrected chi connectivity index (χ3v) is 7.23. The van der Waals surface area contributed by atoms with Crippen molar-refractivity contribution in [3.8, 4) is 5.75 Å². The lowest BCUT2D eigenvalue weighted by Crippen LogP contribution is -2.58. The molecule has 5 heteroatoms. The zero-order valence-electron chi connectivity index (χ0n) is 17.4. The normalized spacial score (nSPS) is 31.3. The van der Waals surface area contributed by atoms with Gasteiger partial charge in [-0.2, -0.15) is 0 Å². The minimum Gasteiger partial charge on any atom is -0.493 e. The zero-order chi connectivity index (χ0) is 21.0. The summed E-state index contributed by atoms with van der Waals surface area (Å²) in [4.78, 5) is 24.4. The maximum Gasteiger partial charge on any atom is 0.336 e. The highest BCUT2D eigenvalue weighted by atomic mass is 16.5. The van der Waals surface area contributed by atoms with E-state index >= 15 is 0 Å². The fourth-order valence-electron chi connectivity index (χ4n) is 5.63. The quantitative estimate of drug-likeness (QED) is 0.790. The van der Waals surface area contributed by atoms with Crippen molar-refractivity contribution in [2.45, 2.75) is 46.6 Å². The first-order chi connectivity index (χ1) is 13.6. The van der Waals surface area contributed by atoms with Gasteiger partial charge in [-0.3, -0.25) is 4.79 Å². The van der Waals surface area contributed by atoms with Crippen molar-refractivity contribution in [1.29, 1.82) is 0 Å². The molecule has 1 aromatic heterocycles. The molecule has 2 aliphatic carbocycles. The van der Waals surface area contributed by atoms with Crippen LogP contribution in [-0.2, 0) is 4.79 Å². The standard InChI is InChI=1S/C24H28O5/c1-14-11-18(25)22-23(2,3)20(26)9-10-24(22,4)17(14)13-28-16-7-5-15-6-8-21(27)29-19(15)12-16/h5-8,11-12,17,20,22,26H,9-10,13H2,1-4H3/t17-,20-,22-,24-/m1/s1. The molecule has 0 spiro atoms. The van der Waals surface area contributed by atoms with Crippen molar-refractivity contribution >= 4 is 16.8 Å². The van der Waals surface area contributed by atoms with E-state index in [0.29, 0.717) is 24.4 Å². The number of rotatable bonds is 3. The van der Waals surface area contributed by atoms with Gasteiger partial charge in [-0.1, -0.05) is 26.3 Å². The summed E-state index contributed by atoms with van der Waals surface area (Å²) in [6.07, 6.45) is 2.71. The topological polar surface area (TPSA) is 76.7 Å². The second-order valence-electron chi connectivity index (χ2n) is 9.42. The molecule has 2 aromatic rings. The first kappa shape index (κ1) is 19.9. The van der Waals surface area contributed by atoms with Crippen molar-refractivity contribution in [3.63, 3.8) is 0 Å². The number of hydrogen-bond acceptors (Lipinski definition) is 5. The lowest BCUT2D eigenvalue weighted by Gasteiger charge is -2.57. The minimum absolute atomic E-state index is 0.0652. The van der Waals surface area contributed by atoms with Crippen LogP contribution in [0.2, 0.25) is 0 Å². The van der Waals surface area contributed by atoms with Crippen molar-refractivity contribution in [3.05, 3.63) is 52.4 Å². The minimum atomic E-state index is -0.485. The van der Waals surface area contributed by atoms with Crippen LogP contribution < -0.4 is 10.4 Å². The first-order valence-electron chi connectivity index (χ1n) is 10.2. The predicted molar refractivity (Wildman–Crippen MR) is 111 cm³/mol. The largest absolute Gasteiger partial charge is 0.493 e. The van der Waals surface area contributed by atoms with Gasteiger partial charge in [0.25, 0.3) is 0 Å². The molecule has 4 atom stereocenters. The number of fused-ring (bicyclic) bond motifs is 2. The highest BCUT2D eigenvalue weighted by Crippen LogP contribution is 2.58. The maximum atomic E-state index is 12.9. The number of aliphatic hydroxyl groups excluding tert-OH is 1. The number of carbonyl (C=O) groups is 1. The summed E-state index contributed by atoms with van der Waals surface area (Å²) >= 11 is 0. The van der Waals surface area contributed by atoms with E-state index in [1.165, 1.54) is 6.07 Å². The number of allylic oxidation sites excluding steroid dienone is 1. The van der Waals surface area contributed by atoms with Crippen LogP contribution >= 0.6 is 0 Å². The molecule has 0 amide bonds. The lowest BCUT2D eigenvalue weighted by molar-refractivity contribution is -0.152. The Morgan fingerprint density at radius 2 is 1.90 bits per heavy atom. The Kier molecular flexibility index (Phi) is 4.69. The zero-order valence-corrected chi connectivity index (χ0v) is 17.4. The fraction of sp³-hybridized carbons (Fsp3) is 0.500. The maximum absolute atomic E-state index is 12.9. The highest BCUT2D eigenvalue weighted by Gasteiger charge is 2.58. The molecule has 5 nitrogen and oxygen atoms in total. The van der Waals surface area contributed by atoms with Crippen molar-refractivity contribution in [2.24, 2.45) is 22.7 Å². The molecule has 0 saturated heterocycles. The van der Waals surface area contributed by atoms with Crippen molar-refractivity contribution in [2.75, 3.05) is 6.61 Å². The van der Waals surface area contributed by atoms with E-state index < -0.39 is 17.1 Å². The Morgan fingerprint density at radius 1 is 1.17 bits per heavy atom. The lowest BCUT2D eigenvalue weighted by atomic mass is 9.47. The number of aliphatic hydroxyl groups is 1. The van der Waals surface area contributed by atoms with Crippen molar-refractivity contribution in [1.82, 2.24) is 0 Å². The molecule has 1 N–H and O–H groups in total. The molecule has 0 unspecified atom stereocenters. The van der Waals surface area contributed by atoms with E-state index in [9.17, 15) is 14.7 Å². The fourth-order valence-corrected chi connectivity index (χ4v) is 5.63. The molecule has 2 aliphatic rings. The molecule has 4 rings (SSSR count). The van der Waals surface area contributed by atoms with Crippen LogP contribution in [-0.4, -0.2) is 23.6 Å². The van der Waals surface area contributed by atoms with E-state index in [1.54, 1.807) is 18.2 Å². The molecule has 1 saturated carbocycles. The molecular formula is C24H28O5. The monoisotopic (exact) mass is 396 g/mol. The van der Waals surface area contributed by atoms with Gasteiger partial charge in [0.2, 0.25) is 0 Å². The Labute approximate surface area is 170 Å². The number of ether oxygens (including phenoxy) is 1. The molecular weight excluding hydrogens is 368 g/mol. The number of hydrogen-bond donors (Lipinski definition) is 1. The van der Waals surface area contributed by atoms with E-state index in [4.69, 9.17) is 9.15 Å². The smallest absolute Gasteiger partial charge is 0.336 e. The first-order valence-corrected chi connectivity index (χ1v) is 10.2. The SMILES string of the molecule is CC1=CC(=O)[C@@H]2C(C)(C)[C@H](O)CC[C@]2(C)[C@@H]1COc1ccc2ccc(=O)oc2c1. The second kappa shape index (κ2) is 6.84. The number of carbonyl (C=O) groups excluding carboxylic acids is 1. The van der Waals surface area contributed by atoms with Gasteiger partial charge in [-0.25, -0.2) is 4.79 Å². The average molecular weight is 396 g/mol. The van der Waals surface area contributed by atoms with Crippen molar-refractivity contribution < 1.29 is 19.1 Å². The summed E-state index contributed by atoms with van der Waals surface area (Å²) in [6.45, 7) is 8.57. The summed E-state index contributed by atoms with van der Waals surface area (Å²) in [6, 6.07) is 8.59. The van der Waals surface area contributed by atoms with E-state index in [0.717, 1.165) is 17.4 Å². The van der Waals surface area contributed by atoms with E-state index in [-0.39, 0.29) is 23.0 Å². The summed E-state index contributed by atoms with van der Waals surface area (Å²) < 4.78 is 11.4. The van der Waals surface area contributed by atoms with Gasteiger partial charge < -0.3 is 14.3 Å². The molecule has 0 bridgehead atoms. The number of benzene rings is 1. The summed E-state index contributed by atoms with van der Waals surface area (Å²) in [7, 11) is 0. The highest BCUT2D eigenvalue weighted by molar-refractivity contribution is 5.95. The van der Waals surface area contributed by atoms with Crippen LogP contribution in [0.15, 0.2) is 51.2 Å². The Hall–Kier alpha value is -2.40. The van der Waals surface area contributed by atoms with Gasteiger partial charge in [-0.05, 0) is 49.5 Å². The second-order valence-corrected chi connectivity index (χ2v) is 9.42. The molecule has 1 aromatic carbocycles. The van der Waals surface area contributed by atoms with E-state index in [1.807, 2.05) is 32.9 Å². The van der Waals surface area contributed by atoms with E-state index in [2.05, 4.69) is 6.92 Å². The van der Waals surface area contributed by atoms with Crippen LogP contribution in [0.4, 0.5) is 0 Å². The Morgan fingerprint density at radius 3 is 2.66 bits per heavy atom. The molecule has 0 radical (unpaired) electrons. The van der Waals surface area contributed by atoms with Crippen LogP contribution in [0.3, 0.4) is 0 Å². The van der Waals surface area contributed by atoms with Gasteiger partial charge in [0.05, 0.1) is 12.7 Å². The predicted octanol–water partition coefficient (Wildman–Crippen LogP) is 4.12. The molecule has 29 heavy (non-hydrogen) atoms. The summed E-state index contributed by atoms with van der Waals surface area (Å²) in [5, 5.41) is 11.4. The van der Waals surface area contributed by atoms with Crippen LogP contribution in [0.1, 0.15) is 40.5 Å². The van der Waals surface area contributed by atoms with Gasteiger partial charge in [-0.15, -0.1) is 0 Å². The van der Waals surface area contributed by atoms with Crippen LogP contribution in [0.5, 0.6) is 5.75 Å².